The maximum Gasteiger partial charge on any atom is 0.261 e. The number of hydrogen-bond donors (Lipinski definition) is 2. The molecule has 8 heteroatoms. The van der Waals surface area contributed by atoms with Crippen LogP contribution in [0.2, 0.25) is 0 Å². The predicted molar refractivity (Wildman–Crippen MR) is 121 cm³/mol. The van der Waals surface area contributed by atoms with Gasteiger partial charge in [0.25, 0.3) is 11.8 Å². The van der Waals surface area contributed by atoms with Gasteiger partial charge in [0.05, 0.1) is 17.7 Å². The first kappa shape index (κ1) is 22.8. The number of hydrogen-bond acceptors (Lipinski definition) is 3. The Morgan fingerprint density at radius 2 is 1.72 bits per heavy atom. The minimum absolute atomic E-state index is 0. The van der Waals surface area contributed by atoms with E-state index in [2.05, 4.69) is 15.6 Å². The van der Waals surface area contributed by atoms with Crippen LogP contribution < -0.4 is 10.6 Å². The summed E-state index contributed by atoms with van der Waals surface area (Å²) in [6.07, 6.45) is 0. The van der Waals surface area contributed by atoms with E-state index in [-0.39, 0.29) is 48.2 Å². The lowest BCUT2D eigenvalue weighted by molar-refractivity contribution is 0.0657. The van der Waals surface area contributed by atoms with Gasteiger partial charge in [-0.05, 0) is 43.2 Å². The third kappa shape index (κ3) is 5.31. The predicted octanol–water partition coefficient (Wildman–Crippen LogP) is 3.10. The van der Waals surface area contributed by atoms with Crippen LogP contribution in [-0.2, 0) is 6.54 Å². The maximum atomic E-state index is 13.7. The van der Waals surface area contributed by atoms with Crippen molar-refractivity contribution in [1.29, 1.82) is 0 Å². The highest BCUT2D eigenvalue weighted by atomic mass is 127. The van der Waals surface area contributed by atoms with Crippen molar-refractivity contribution >= 4 is 41.8 Å². The van der Waals surface area contributed by atoms with Crippen molar-refractivity contribution in [1.82, 2.24) is 15.5 Å². The van der Waals surface area contributed by atoms with Gasteiger partial charge in [-0.3, -0.25) is 14.5 Å². The van der Waals surface area contributed by atoms with Gasteiger partial charge >= 0.3 is 0 Å². The molecular weight excluding hydrogens is 486 g/mol. The van der Waals surface area contributed by atoms with Crippen LogP contribution in [-0.4, -0.2) is 42.3 Å². The Hall–Kier alpha value is -2.49. The van der Waals surface area contributed by atoms with Crippen molar-refractivity contribution < 1.29 is 14.0 Å². The molecule has 2 aromatic carbocycles. The lowest BCUT2D eigenvalue weighted by Gasteiger charge is -2.16. The van der Waals surface area contributed by atoms with E-state index < -0.39 is 0 Å². The van der Waals surface area contributed by atoms with Crippen LogP contribution in [0.4, 0.5) is 4.39 Å². The first-order valence-corrected chi connectivity index (χ1v) is 9.23. The van der Waals surface area contributed by atoms with Gasteiger partial charge in [-0.15, -0.1) is 24.0 Å². The zero-order valence-electron chi connectivity index (χ0n) is 16.4. The molecule has 6 nitrogen and oxygen atoms in total. The Morgan fingerprint density at radius 1 is 1.07 bits per heavy atom. The Labute approximate surface area is 186 Å². The number of aliphatic imine (C=N–C) groups is 1. The summed E-state index contributed by atoms with van der Waals surface area (Å²) in [5, 5.41) is 6.21. The van der Waals surface area contributed by atoms with E-state index in [0.29, 0.717) is 42.3 Å². The number of guanidine groups is 1. The summed E-state index contributed by atoms with van der Waals surface area (Å²) < 4.78 is 13.7. The van der Waals surface area contributed by atoms with E-state index in [9.17, 15) is 14.0 Å². The molecule has 0 spiro atoms. The van der Waals surface area contributed by atoms with Crippen molar-refractivity contribution in [3.63, 3.8) is 0 Å². The summed E-state index contributed by atoms with van der Waals surface area (Å²) in [6, 6.07) is 11.9. The first-order valence-electron chi connectivity index (χ1n) is 9.23. The second-order valence-corrected chi connectivity index (χ2v) is 6.51. The highest BCUT2D eigenvalue weighted by Gasteiger charge is 2.34. The van der Waals surface area contributed by atoms with E-state index >= 15 is 0 Å². The van der Waals surface area contributed by atoms with E-state index in [1.165, 1.54) is 11.0 Å². The number of rotatable bonds is 6. The Balaban J connectivity index is 0.00000300. The maximum absolute atomic E-state index is 13.7. The average molecular weight is 510 g/mol. The smallest absolute Gasteiger partial charge is 0.261 e. The summed E-state index contributed by atoms with van der Waals surface area (Å²) in [5.41, 5.74) is 2.24. The molecule has 0 aliphatic carbocycles. The van der Waals surface area contributed by atoms with Crippen molar-refractivity contribution in [2.45, 2.75) is 20.4 Å². The van der Waals surface area contributed by atoms with Crippen LogP contribution >= 0.6 is 24.0 Å². The van der Waals surface area contributed by atoms with E-state index in [1.807, 2.05) is 13.0 Å². The Morgan fingerprint density at radius 3 is 2.31 bits per heavy atom. The minimum atomic E-state index is -0.278. The number of aryl methyl sites for hydroxylation is 1. The first-order chi connectivity index (χ1) is 13.5. The molecule has 2 aromatic rings. The molecule has 0 unspecified atom stereocenters. The molecule has 0 bridgehead atoms. The molecule has 154 valence electrons. The lowest BCUT2D eigenvalue weighted by Crippen LogP contribution is -2.43. The van der Waals surface area contributed by atoms with E-state index in [4.69, 9.17) is 0 Å². The van der Waals surface area contributed by atoms with Crippen molar-refractivity contribution in [3.05, 3.63) is 70.5 Å². The lowest BCUT2D eigenvalue weighted by atomic mass is 10.1. The number of nitrogens with one attached hydrogen (secondary N) is 2. The van der Waals surface area contributed by atoms with Gasteiger partial charge in [0.1, 0.15) is 5.82 Å². The summed E-state index contributed by atoms with van der Waals surface area (Å²) >= 11 is 0. The molecule has 2 amide bonds. The average Bonchev–Trinajstić information content (AvgIpc) is 2.94. The van der Waals surface area contributed by atoms with Crippen LogP contribution in [0.3, 0.4) is 0 Å². The van der Waals surface area contributed by atoms with Crippen molar-refractivity contribution in [2.75, 3.05) is 19.6 Å². The second-order valence-electron chi connectivity index (χ2n) is 6.51. The molecule has 29 heavy (non-hydrogen) atoms. The SMILES string of the molecule is CCNC(=NCc1ccc(C)c(F)c1)NCCN1C(=O)c2ccccc2C1=O.I. The molecule has 0 saturated carbocycles. The molecule has 0 aromatic heterocycles. The standard InChI is InChI=1S/C21H23FN4O2.HI/c1-3-23-21(25-13-15-9-8-14(2)18(22)12-15)24-10-11-26-19(27)16-6-4-5-7-17(16)20(26)28;/h4-9,12H,3,10-11,13H2,1-2H3,(H2,23,24,25);1H. The molecule has 1 aliphatic rings. The molecule has 1 aliphatic heterocycles. The van der Waals surface area contributed by atoms with Gasteiger partial charge in [-0.2, -0.15) is 0 Å². The molecule has 2 N–H and O–H groups in total. The molecule has 0 radical (unpaired) electrons. The quantitative estimate of drug-likeness (QED) is 0.271. The number of amides is 2. The van der Waals surface area contributed by atoms with Gasteiger partial charge in [0.2, 0.25) is 0 Å². The number of fused-ring (bicyclic) bond motifs is 1. The third-order valence-corrected chi connectivity index (χ3v) is 4.51. The molecule has 1 heterocycles. The summed E-state index contributed by atoms with van der Waals surface area (Å²) in [5.74, 6) is -0.268. The van der Waals surface area contributed by atoms with Crippen LogP contribution in [0.1, 0.15) is 38.8 Å². The zero-order valence-corrected chi connectivity index (χ0v) is 18.7. The molecule has 0 atom stereocenters. The van der Waals surface area contributed by atoms with E-state index in [0.717, 1.165) is 5.56 Å². The summed E-state index contributed by atoms with van der Waals surface area (Å²) in [6.45, 7) is 5.22. The fraction of sp³-hybridized carbons (Fsp3) is 0.286. The zero-order chi connectivity index (χ0) is 20.1. The van der Waals surface area contributed by atoms with Crippen LogP contribution in [0.25, 0.3) is 0 Å². The van der Waals surface area contributed by atoms with Gasteiger partial charge in [-0.1, -0.05) is 24.3 Å². The number of nitrogens with zero attached hydrogens (tertiary/aromatic N) is 2. The minimum Gasteiger partial charge on any atom is -0.357 e. The van der Waals surface area contributed by atoms with Gasteiger partial charge < -0.3 is 10.6 Å². The number of halogens is 2. The highest BCUT2D eigenvalue weighted by Crippen LogP contribution is 2.21. The fourth-order valence-corrected chi connectivity index (χ4v) is 2.98. The fourth-order valence-electron chi connectivity index (χ4n) is 2.98. The van der Waals surface area contributed by atoms with Crippen LogP contribution in [0.15, 0.2) is 47.5 Å². The number of benzene rings is 2. The number of carbonyl (C=O) groups excluding carboxylic acids is 2. The van der Waals surface area contributed by atoms with Gasteiger partial charge in [0, 0.05) is 19.6 Å². The van der Waals surface area contributed by atoms with E-state index in [1.54, 1.807) is 37.3 Å². The van der Waals surface area contributed by atoms with Crippen molar-refractivity contribution in [2.24, 2.45) is 4.99 Å². The van der Waals surface area contributed by atoms with Gasteiger partial charge in [-0.25, -0.2) is 9.38 Å². The Bertz CT molecular complexity index is 898. The largest absolute Gasteiger partial charge is 0.357 e. The van der Waals surface area contributed by atoms with Crippen LogP contribution in [0, 0.1) is 12.7 Å². The molecule has 0 saturated heterocycles. The second kappa shape index (κ2) is 10.3. The summed E-state index contributed by atoms with van der Waals surface area (Å²) in [7, 11) is 0. The summed E-state index contributed by atoms with van der Waals surface area (Å²) in [4.78, 5) is 30.4. The number of imide groups is 1. The van der Waals surface area contributed by atoms with Crippen molar-refractivity contribution in [3.8, 4) is 0 Å². The third-order valence-electron chi connectivity index (χ3n) is 4.51. The molecule has 0 fully saturated rings. The molecular formula is C21H24FIN4O2. The topological polar surface area (TPSA) is 73.8 Å². The monoisotopic (exact) mass is 510 g/mol. The van der Waals surface area contributed by atoms with Crippen LogP contribution in [0.5, 0.6) is 0 Å². The van der Waals surface area contributed by atoms with Gasteiger partial charge in [0.15, 0.2) is 5.96 Å². The normalized spacial score (nSPS) is 13.2. The Kier molecular flexibility index (Phi) is 8.12. The molecule has 3 rings (SSSR count). The number of carbonyl (C=O) groups is 2. The highest BCUT2D eigenvalue weighted by molar-refractivity contribution is 14.0.